The second kappa shape index (κ2) is 8.70. The number of amides is 1. The van der Waals surface area contributed by atoms with Crippen molar-refractivity contribution >= 4 is 27.8 Å². The van der Waals surface area contributed by atoms with E-state index in [9.17, 15) is 22.8 Å². The van der Waals surface area contributed by atoms with E-state index >= 15 is 0 Å². The Morgan fingerprint density at radius 1 is 1.29 bits per heavy atom. The summed E-state index contributed by atoms with van der Waals surface area (Å²) in [6.07, 6.45) is -2.60. The molecule has 0 aromatic carbocycles. The fourth-order valence-electron chi connectivity index (χ4n) is 1.16. The number of carbonyl (C=O) groups is 3. The van der Waals surface area contributed by atoms with E-state index in [1.54, 1.807) is 0 Å². The molecule has 0 heterocycles. The van der Waals surface area contributed by atoms with E-state index in [2.05, 4.69) is 5.32 Å². The van der Waals surface area contributed by atoms with Crippen LogP contribution < -0.4 is 5.32 Å². The minimum absolute atomic E-state index is 0.315. The number of ketones is 1. The van der Waals surface area contributed by atoms with Crippen LogP contribution in [0.4, 0.5) is 0 Å². The monoisotopic (exact) mass is 325 g/mol. The molecule has 122 valence electrons. The van der Waals surface area contributed by atoms with Crippen LogP contribution in [0, 0.1) is 0 Å². The molecule has 0 saturated carbocycles. The van der Waals surface area contributed by atoms with Crippen LogP contribution in [0.1, 0.15) is 20.3 Å². The maximum atomic E-state index is 11.5. The molecule has 0 spiro atoms. The molecule has 0 radical (unpaired) electrons. The molecule has 21 heavy (non-hydrogen) atoms. The van der Waals surface area contributed by atoms with Crippen LogP contribution >= 0.6 is 0 Å². The molecule has 0 aromatic rings. The molecule has 0 aliphatic heterocycles. The molecule has 0 aliphatic carbocycles. The fourth-order valence-corrected chi connectivity index (χ4v) is 1.52. The second-order valence-corrected chi connectivity index (χ2v) is 5.83. The molecule has 1 amide bonds. The van der Waals surface area contributed by atoms with Crippen LogP contribution in [0.2, 0.25) is 0 Å². The van der Waals surface area contributed by atoms with E-state index in [1.807, 2.05) is 0 Å². The normalized spacial score (nSPS) is 14.1. The Balaban J connectivity index is 4.41. The summed E-state index contributed by atoms with van der Waals surface area (Å²) in [7, 11) is -2.89. The molecule has 0 saturated heterocycles. The van der Waals surface area contributed by atoms with Crippen molar-refractivity contribution in [3.05, 3.63) is 0 Å². The predicted octanol–water partition coefficient (Wildman–Crippen LogP) is -1.08. The zero-order chi connectivity index (χ0) is 16.6. The molecule has 0 fully saturated rings. The topological polar surface area (TPSA) is 136 Å². The summed E-state index contributed by atoms with van der Waals surface area (Å²) in [6.45, 7) is 2.26. The lowest BCUT2D eigenvalue weighted by Crippen LogP contribution is -2.37. The summed E-state index contributed by atoms with van der Waals surface area (Å²) in [5.41, 5.74) is 0. The molecule has 0 aromatic heterocycles. The van der Waals surface area contributed by atoms with Crippen LogP contribution in [-0.4, -0.2) is 62.2 Å². The van der Waals surface area contributed by atoms with Crippen molar-refractivity contribution in [2.75, 3.05) is 19.4 Å². The van der Waals surface area contributed by atoms with Gasteiger partial charge in [-0.05, 0) is 13.8 Å². The minimum atomic E-state index is -4.18. The highest BCUT2D eigenvalue weighted by Crippen LogP contribution is 2.04. The maximum absolute atomic E-state index is 11.5. The third-order valence-electron chi connectivity index (χ3n) is 2.45. The van der Waals surface area contributed by atoms with Gasteiger partial charge in [-0.3, -0.25) is 14.1 Å². The van der Waals surface area contributed by atoms with Gasteiger partial charge in [-0.1, -0.05) is 0 Å². The summed E-state index contributed by atoms with van der Waals surface area (Å²) < 4.78 is 39.0. The van der Waals surface area contributed by atoms with Crippen molar-refractivity contribution in [1.29, 1.82) is 0 Å². The standard InChI is InChI=1S/C11H19NO8S/c1-7(13)9(20-11(15)8(2)19-3)6-10(14)12-4-5-21(16,17)18/h8-9H,4-6H2,1-3H3,(H,12,14)(H,16,17,18). The van der Waals surface area contributed by atoms with Gasteiger partial charge in [-0.15, -0.1) is 0 Å². The van der Waals surface area contributed by atoms with E-state index in [-0.39, 0.29) is 6.54 Å². The van der Waals surface area contributed by atoms with Gasteiger partial charge in [-0.2, -0.15) is 8.42 Å². The van der Waals surface area contributed by atoms with Crippen LogP contribution in [-0.2, 0) is 34.0 Å². The Morgan fingerprint density at radius 2 is 1.86 bits per heavy atom. The van der Waals surface area contributed by atoms with E-state index in [0.717, 1.165) is 6.92 Å². The van der Waals surface area contributed by atoms with E-state index < -0.39 is 52.2 Å². The number of rotatable bonds is 9. The first-order valence-corrected chi connectivity index (χ1v) is 7.63. The molecule has 2 atom stereocenters. The van der Waals surface area contributed by atoms with Crippen molar-refractivity contribution in [3.8, 4) is 0 Å². The quantitative estimate of drug-likeness (QED) is 0.403. The molecule has 0 bridgehead atoms. The number of Topliss-reactive ketones (excluding diaryl/α,β-unsaturated/α-hetero) is 1. The average molecular weight is 325 g/mol. The molecule has 2 N–H and O–H groups in total. The summed E-state index contributed by atoms with van der Waals surface area (Å²) in [5, 5.41) is 2.19. The number of esters is 1. The largest absolute Gasteiger partial charge is 0.452 e. The van der Waals surface area contributed by atoms with E-state index in [0.29, 0.717) is 0 Å². The first-order valence-electron chi connectivity index (χ1n) is 6.02. The van der Waals surface area contributed by atoms with Crippen molar-refractivity contribution in [1.82, 2.24) is 5.32 Å². The number of hydrogen-bond acceptors (Lipinski definition) is 7. The Hall–Kier alpha value is -1.52. The highest BCUT2D eigenvalue weighted by Gasteiger charge is 2.25. The zero-order valence-electron chi connectivity index (χ0n) is 12.0. The third-order valence-corrected chi connectivity index (χ3v) is 3.17. The van der Waals surface area contributed by atoms with Gasteiger partial charge in [0.25, 0.3) is 10.1 Å². The Morgan fingerprint density at radius 3 is 2.29 bits per heavy atom. The number of hydrogen-bond donors (Lipinski definition) is 2. The lowest BCUT2D eigenvalue weighted by molar-refractivity contribution is -0.164. The number of methoxy groups -OCH3 is 1. The lowest BCUT2D eigenvalue weighted by Gasteiger charge is -2.17. The van der Waals surface area contributed by atoms with E-state index in [4.69, 9.17) is 14.0 Å². The zero-order valence-corrected chi connectivity index (χ0v) is 12.8. The van der Waals surface area contributed by atoms with E-state index in [1.165, 1.54) is 14.0 Å². The van der Waals surface area contributed by atoms with Crippen LogP contribution in [0.5, 0.6) is 0 Å². The Bertz CT molecular complexity index is 486. The molecule has 2 unspecified atom stereocenters. The first kappa shape index (κ1) is 19.5. The number of nitrogens with one attached hydrogen (secondary N) is 1. The van der Waals surface area contributed by atoms with Gasteiger partial charge >= 0.3 is 5.97 Å². The van der Waals surface area contributed by atoms with Gasteiger partial charge in [0.05, 0.1) is 12.2 Å². The molecule has 10 heteroatoms. The van der Waals surface area contributed by atoms with Gasteiger partial charge in [0.2, 0.25) is 5.91 Å². The van der Waals surface area contributed by atoms with Crippen molar-refractivity contribution in [3.63, 3.8) is 0 Å². The molecular formula is C11H19NO8S. The second-order valence-electron chi connectivity index (χ2n) is 4.25. The first-order chi connectivity index (χ1) is 9.56. The SMILES string of the molecule is COC(C)C(=O)OC(CC(=O)NCCS(=O)(=O)O)C(C)=O. The molecule has 9 nitrogen and oxygen atoms in total. The summed E-state index contributed by atoms with van der Waals surface area (Å²) in [5.74, 6) is -2.65. The summed E-state index contributed by atoms with van der Waals surface area (Å²) in [6, 6.07) is 0. The van der Waals surface area contributed by atoms with Gasteiger partial charge in [0.15, 0.2) is 18.0 Å². The number of carbonyl (C=O) groups excluding carboxylic acids is 3. The number of ether oxygens (including phenoxy) is 2. The molecular weight excluding hydrogens is 306 g/mol. The van der Waals surface area contributed by atoms with Gasteiger partial charge < -0.3 is 14.8 Å². The summed E-state index contributed by atoms with van der Waals surface area (Å²) in [4.78, 5) is 34.3. The predicted molar refractivity (Wildman–Crippen MR) is 71.1 cm³/mol. The van der Waals surface area contributed by atoms with Gasteiger partial charge in [-0.25, -0.2) is 4.79 Å². The molecule has 0 aliphatic rings. The minimum Gasteiger partial charge on any atom is -0.452 e. The van der Waals surface area contributed by atoms with Crippen molar-refractivity contribution < 1.29 is 36.8 Å². The van der Waals surface area contributed by atoms with Gasteiger partial charge in [0.1, 0.15) is 0 Å². The van der Waals surface area contributed by atoms with Crippen LogP contribution in [0.25, 0.3) is 0 Å². The third kappa shape index (κ3) is 9.10. The van der Waals surface area contributed by atoms with Crippen LogP contribution in [0.3, 0.4) is 0 Å². The smallest absolute Gasteiger partial charge is 0.335 e. The van der Waals surface area contributed by atoms with Crippen molar-refractivity contribution in [2.24, 2.45) is 0 Å². The summed E-state index contributed by atoms with van der Waals surface area (Å²) >= 11 is 0. The highest BCUT2D eigenvalue weighted by molar-refractivity contribution is 7.85. The lowest BCUT2D eigenvalue weighted by atomic mass is 10.1. The van der Waals surface area contributed by atoms with Gasteiger partial charge in [0, 0.05) is 13.7 Å². The maximum Gasteiger partial charge on any atom is 0.335 e. The van der Waals surface area contributed by atoms with Crippen LogP contribution in [0.15, 0.2) is 0 Å². The highest BCUT2D eigenvalue weighted by atomic mass is 32.2. The van der Waals surface area contributed by atoms with Crippen molar-refractivity contribution in [2.45, 2.75) is 32.5 Å². The Kier molecular flexibility index (Phi) is 8.07. The fraction of sp³-hybridized carbons (Fsp3) is 0.727. The average Bonchev–Trinajstić information content (AvgIpc) is 2.34. The Labute approximate surface area is 122 Å². The molecule has 0 rings (SSSR count).